The molecule has 0 aliphatic carbocycles. The first kappa shape index (κ1) is 18.9. The minimum atomic E-state index is -3.26. The molecule has 0 aromatic heterocycles. The second kappa shape index (κ2) is 8.60. The van der Waals surface area contributed by atoms with Crippen molar-refractivity contribution in [2.75, 3.05) is 32.6 Å². The summed E-state index contributed by atoms with van der Waals surface area (Å²) in [5.74, 6) is -0.0945. The summed E-state index contributed by atoms with van der Waals surface area (Å²) in [4.78, 5) is 12.3. The van der Waals surface area contributed by atoms with E-state index in [1.54, 1.807) is 0 Å². The first-order valence-corrected chi connectivity index (χ1v) is 9.93. The minimum absolute atomic E-state index is 0.00427. The number of hydrogen-bond acceptors (Lipinski definition) is 4. The van der Waals surface area contributed by atoms with E-state index in [1.807, 2.05) is 24.3 Å². The van der Waals surface area contributed by atoms with Crippen LogP contribution in [0.3, 0.4) is 0 Å². The Bertz CT molecular complexity index is 635. The third-order valence-electron chi connectivity index (χ3n) is 4.35. The van der Waals surface area contributed by atoms with Gasteiger partial charge in [0.1, 0.15) is 0 Å². The van der Waals surface area contributed by atoms with Crippen LogP contribution in [0.1, 0.15) is 35.7 Å². The van der Waals surface area contributed by atoms with E-state index in [9.17, 15) is 13.2 Å². The molecule has 1 aromatic rings. The van der Waals surface area contributed by atoms with Gasteiger partial charge in [0.05, 0.1) is 12.4 Å². The van der Waals surface area contributed by atoms with Gasteiger partial charge in [0, 0.05) is 31.8 Å². The third-order valence-corrected chi connectivity index (χ3v) is 6.19. The highest BCUT2D eigenvalue weighted by Crippen LogP contribution is 2.15. The molecule has 6 nitrogen and oxygen atoms in total. The largest absolute Gasteiger partial charge is 0.384 e. The summed E-state index contributed by atoms with van der Waals surface area (Å²) in [6, 6.07) is 7.59. The Labute approximate surface area is 144 Å². The summed E-state index contributed by atoms with van der Waals surface area (Å²) in [7, 11) is -1.77. The molecule has 7 heteroatoms. The van der Waals surface area contributed by atoms with Gasteiger partial charge in [0.25, 0.3) is 5.91 Å². The van der Waals surface area contributed by atoms with E-state index in [0.717, 1.165) is 6.42 Å². The number of benzene rings is 1. The first-order valence-electron chi connectivity index (χ1n) is 8.33. The van der Waals surface area contributed by atoms with Gasteiger partial charge in [-0.1, -0.05) is 19.1 Å². The molecular weight excluding hydrogens is 328 g/mol. The Morgan fingerprint density at radius 3 is 2.42 bits per heavy atom. The predicted octanol–water partition coefficient (Wildman–Crippen LogP) is 1.42. The highest BCUT2D eigenvalue weighted by Gasteiger charge is 2.28. The van der Waals surface area contributed by atoms with Crippen molar-refractivity contribution in [2.45, 2.75) is 32.2 Å². The molecule has 0 atom stereocenters. The smallest absolute Gasteiger partial charge is 0.251 e. The van der Waals surface area contributed by atoms with E-state index in [1.165, 1.54) is 17.0 Å². The number of methoxy groups -OCH3 is 1. The Morgan fingerprint density at radius 2 is 1.88 bits per heavy atom. The molecule has 0 saturated carbocycles. The molecule has 1 amide bonds. The van der Waals surface area contributed by atoms with Gasteiger partial charge < -0.3 is 10.1 Å². The predicted molar refractivity (Wildman–Crippen MR) is 93.5 cm³/mol. The van der Waals surface area contributed by atoms with Gasteiger partial charge >= 0.3 is 0 Å². The number of aryl methyl sites for hydroxylation is 1. The number of nitrogens with one attached hydrogen (secondary N) is 1. The van der Waals surface area contributed by atoms with Gasteiger partial charge in [0.2, 0.25) is 10.0 Å². The number of sulfonamides is 1. The summed E-state index contributed by atoms with van der Waals surface area (Å²) < 4.78 is 30.6. The van der Waals surface area contributed by atoms with Crippen molar-refractivity contribution in [1.29, 1.82) is 0 Å². The molecule has 1 aliphatic heterocycles. The van der Waals surface area contributed by atoms with Gasteiger partial charge in [-0.3, -0.25) is 4.79 Å². The number of ether oxygens (including phenoxy) is 1. The topological polar surface area (TPSA) is 75.7 Å². The molecule has 1 N–H and O–H groups in total. The molecule has 1 saturated heterocycles. The molecular formula is C17H26N2O4S. The lowest BCUT2D eigenvalue weighted by molar-refractivity contribution is 0.0924. The highest BCUT2D eigenvalue weighted by atomic mass is 32.2. The molecule has 0 bridgehead atoms. The lowest BCUT2D eigenvalue weighted by atomic mass is 10.1. The molecule has 1 aromatic carbocycles. The molecule has 1 aliphatic rings. The van der Waals surface area contributed by atoms with Crippen molar-refractivity contribution in [3.05, 3.63) is 35.4 Å². The van der Waals surface area contributed by atoms with Crippen molar-refractivity contribution in [2.24, 2.45) is 0 Å². The fourth-order valence-corrected chi connectivity index (χ4v) is 4.16. The molecule has 2 rings (SSSR count). The van der Waals surface area contributed by atoms with Crippen LogP contribution in [0, 0.1) is 0 Å². The fourth-order valence-electron chi connectivity index (χ4n) is 2.76. The maximum absolute atomic E-state index is 12.3. The SMILES string of the molecule is CCc1ccc(C(=O)NC2CCN(S(=O)(=O)CCOC)CC2)cc1. The second-order valence-electron chi connectivity index (χ2n) is 6.01. The van der Waals surface area contributed by atoms with Crippen molar-refractivity contribution >= 4 is 15.9 Å². The summed E-state index contributed by atoms with van der Waals surface area (Å²) in [6.45, 7) is 3.15. The normalized spacial score (nSPS) is 16.9. The molecule has 24 heavy (non-hydrogen) atoms. The van der Waals surface area contributed by atoms with Crippen molar-refractivity contribution < 1.29 is 17.9 Å². The molecule has 0 unspecified atom stereocenters. The van der Waals surface area contributed by atoms with E-state index >= 15 is 0 Å². The maximum Gasteiger partial charge on any atom is 0.251 e. The lowest BCUT2D eigenvalue weighted by Gasteiger charge is -2.31. The Hall–Kier alpha value is -1.44. The number of rotatable bonds is 7. The number of carbonyl (C=O) groups excluding carboxylic acids is 1. The minimum Gasteiger partial charge on any atom is -0.384 e. The van der Waals surface area contributed by atoms with Crippen LogP contribution in [0.4, 0.5) is 0 Å². The van der Waals surface area contributed by atoms with Crippen LogP contribution in [0.25, 0.3) is 0 Å². The summed E-state index contributed by atoms with van der Waals surface area (Å²) in [5, 5.41) is 3.00. The van der Waals surface area contributed by atoms with Crippen molar-refractivity contribution in [1.82, 2.24) is 9.62 Å². The Balaban J connectivity index is 1.85. The fraction of sp³-hybridized carbons (Fsp3) is 0.588. The van der Waals surface area contributed by atoms with E-state index in [4.69, 9.17) is 4.74 Å². The molecule has 0 radical (unpaired) electrons. The zero-order valence-electron chi connectivity index (χ0n) is 14.3. The van der Waals surface area contributed by atoms with Crippen LogP contribution in [-0.2, 0) is 21.2 Å². The van der Waals surface area contributed by atoms with Crippen LogP contribution in [-0.4, -0.2) is 57.2 Å². The summed E-state index contributed by atoms with van der Waals surface area (Å²) in [6.07, 6.45) is 2.20. The van der Waals surface area contributed by atoms with Crippen LogP contribution >= 0.6 is 0 Å². The van der Waals surface area contributed by atoms with E-state index in [-0.39, 0.29) is 24.3 Å². The maximum atomic E-state index is 12.3. The molecule has 1 fully saturated rings. The number of amides is 1. The van der Waals surface area contributed by atoms with E-state index < -0.39 is 10.0 Å². The first-order chi connectivity index (χ1) is 11.5. The van der Waals surface area contributed by atoms with E-state index in [0.29, 0.717) is 31.5 Å². The van der Waals surface area contributed by atoms with Gasteiger partial charge in [-0.05, 0) is 37.0 Å². The van der Waals surface area contributed by atoms with Gasteiger partial charge in [0.15, 0.2) is 0 Å². The monoisotopic (exact) mass is 354 g/mol. The number of piperidine rings is 1. The van der Waals surface area contributed by atoms with Crippen LogP contribution < -0.4 is 5.32 Å². The van der Waals surface area contributed by atoms with Gasteiger partial charge in [-0.25, -0.2) is 12.7 Å². The lowest BCUT2D eigenvalue weighted by Crippen LogP contribution is -2.47. The quantitative estimate of drug-likeness (QED) is 0.803. The zero-order valence-corrected chi connectivity index (χ0v) is 15.1. The van der Waals surface area contributed by atoms with Crippen LogP contribution in [0.15, 0.2) is 24.3 Å². The molecule has 134 valence electrons. The number of hydrogen-bond donors (Lipinski definition) is 1. The standard InChI is InChI=1S/C17H26N2O4S/c1-3-14-4-6-15(7-5-14)17(20)18-16-8-10-19(11-9-16)24(21,22)13-12-23-2/h4-7,16H,3,8-13H2,1-2H3,(H,18,20). The molecule has 0 spiro atoms. The Kier molecular flexibility index (Phi) is 6.77. The molecule has 1 heterocycles. The summed E-state index contributed by atoms with van der Waals surface area (Å²) >= 11 is 0. The van der Waals surface area contributed by atoms with Crippen LogP contribution in [0.5, 0.6) is 0 Å². The average molecular weight is 354 g/mol. The van der Waals surface area contributed by atoms with E-state index in [2.05, 4.69) is 12.2 Å². The third kappa shape index (κ3) is 5.03. The zero-order chi connectivity index (χ0) is 17.6. The highest BCUT2D eigenvalue weighted by molar-refractivity contribution is 7.89. The second-order valence-corrected chi connectivity index (χ2v) is 8.09. The average Bonchev–Trinajstić information content (AvgIpc) is 2.60. The van der Waals surface area contributed by atoms with Crippen molar-refractivity contribution in [3.8, 4) is 0 Å². The van der Waals surface area contributed by atoms with Crippen LogP contribution in [0.2, 0.25) is 0 Å². The van der Waals surface area contributed by atoms with Gasteiger partial charge in [-0.2, -0.15) is 0 Å². The summed E-state index contributed by atoms with van der Waals surface area (Å²) in [5.41, 5.74) is 1.84. The number of carbonyl (C=O) groups is 1. The van der Waals surface area contributed by atoms with Gasteiger partial charge in [-0.15, -0.1) is 0 Å². The Morgan fingerprint density at radius 1 is 1.25 bits per heavy atom. The number of nitrogens with zero attached hydrogens (tertiary/aromatic N) is 1. The van der Waals surface area contributed by atoms with Crippen molar-refractivity contribution in [3.63, 3.8) is 0 Å².